The zero-order chi connectivity index (χ0) is 14.2. The van der Waals surface area contributed by atoms with Gasteiger partial charge in [0.05, 0.1) is 7.11 Å². The molecule has 0 saturated heterocycles. The molecule has 0 heterocycles. The third-order valence-corrected chi connectivity index (χ3v) is 2.75. The van der Waals surface area contributed by atoms with E-state index >= 15 is 0 Å². The van der Waals surface area contributed by atoms with Gasteiger partial charge in [-0.25, -0.2) is 4.79 Å². The van der Waals surface area contributed by atoms with Crippen molar-refractivity contribution in [2.75, 3.05) is 7.11 Å². The molecule has 0 amide bonds. The summed E-state index contributed by atoms with van der Waals surface area (Å²) in [6.45, 7) is 0.252. The van der Waals surface area contributed by atoms with E-state index in [4.69, 9.17) is 9.47 Å². The second kappa shape index (κ2) is 7.14. The lowest BCUT2D eigenvalue weighted by Crippen LogP contribution is -2.00. The zero-order valence-corrected chi connectivity index (χ0v) is 11.3. The molecular weight excluding hydrogens is 252 g/mol. The molecule has 0 aromatic heterocycles. The Kier molecular flexibility index (Phi) is 4.95. The van der Waals surface area contributed by atoms with Crippen LogP contribution in [0, 0.1) is 0 Å². The van der Waals surface area contributed by atoms with E-state index < -0.39 is 0 Å². The van der Waals surface area contributed by atoms with Crippen LogP contribution in [0.1, 0.15) is 11.1 Å². The normalized spacial score (nSPS) is 10.4. The Labute approximate surface area is 118 Å². The maximum Gasteiger partial charge on any atom is 0.331 e. The second-order valence-electron chi connectivity index (χ2n) is 4.20. The molecule has 2 rings (SSSR count). The quantitative estimate of drug-likeness (QED) is 0.615. The molecule has 0 fully saturated rings. The molecule has 0 spiro atoms. The Morgan fingerprint density at radius 2 is 1.75 bits per heavy atom. The fourth-order valence-corrected chi connectivity index (χ4v) is 1.65. The van der Waals surface area contributed by atoms with Crippen molar-refractivity contribution in [3.63, 3.8) is 0 Å². The number of hydrogen-bond donors (Lipinski definition) is 0. The molecule has 0 radical (unpaired) electrons. The summed E-state index contributed by atoms with van der Waals surface area (Å²) in [5.74, 6) is 0.425. The molecule has 2 aromatic rings. The number of esters is 1. The van der Waals surface area contributed by atoms with Crippen LogP contribution in [0.3, 0.4) is 0 Å². The maximum atomic E-state index is 11.6. The van der Waals surface area contributed by atoms with Gasteiger partial charge in [-0.1, -0.05) is 42.5 Å². The third-order valence-electron chi connectivity index (χ3n) is 2.75. The molecule has 0 saturated carbocycles. The fourth-order valence-electron chi connectivity index (χ4n) is 1.65. The monoisotopic (exact) mass is 268 g/mol. The zero-order valence-electron chi connectivity index (χ0n) is 11.3. The fraction of sp³-hybridized carbons (Fsp3) is 0.118. The first kappa shape index (κ1) is 13.9. The third kappa shape index (κ3) is 4.28. The Morgan fingerprint density at radius 1 is 1.05 bits per heavy atom. The maximum absolute atomic E-state index is 11.6. The molecule has 2 aromatic carbocycles. The first-order chi connectivity index (χ1) is 9.78. The van der Waals surface area contributed by atoms with Gasteiger partial charge in [-0.15, -0.1) is 0 Å². The van der Waals surface area contributed by atoms with Crippen molar-refractivity contribution in [3.8, 4) is 5.75 Å². The molecule has 0 N–H and O–H groups in total. The van der Waals surface area contributed by atoms with Gasteiger partial charge in [-0.05, 0) is 29.3 Å². The minimum absolute atomic E-state index is 0.252. The predicted octanol–water partition coefficient (Wildman–Crippen LogP) is 3.45. The molecule has 0 aliphatic heterocycles. The molecule has 0 bridgehead atoms. The molecule has 20 heavy (non-hydrogen) atoms. The van der Waals surface area contributed by atoms with Gasteiger partial charge in [0.25, 0.3) is 0 Å². The van der Waals surface area contributed by atoms with Crippen molar-refractivity contribution in [1.82, 2.24) is 0 Å². The Balaban J connectivity index is 1.84. The van der Waals surface area contributed by atoms with Gasteiger partial charge < -0.3 is 9.47 Å². The number of carbonyl (C=O) groups is 1. The number of carbonyl (C=O) groups excluding carboxylic acids is 1. The summed E-state index contributed by atoms with van der Waals surface area (Å²) in [5, 5.41) is 0. The molecule has 0 aliphatic carbocycles. The Hall–Kier alpha value is -2.55. The highest BCUT2D eigenvalue weighted by atomic mass is 16.5. The van der Waals surface area contributed by atoms with Crippen molar-refractivity contribution in [3.05, 3.63) is 71.8 Å². The molecule has 3 heteroatoms. The van der Waals surface area contributed by atoms with E-state index in [-0.39, 0.29) is 12.6 Å². The smallest absolute Gasteiger partial charge is 0.331 e. The highest BCUT2D eigenvalue weighted by molar-refractivity contribution is 5.87. The van der Waals surface area contributed by atoms with E-state index in [1.54, 1.807) is 13.2 Å². The number of hydrogen-bond acceptors (Lipinski definition) is 3. The van der Waals surface area contributed by atoms with E-state index in [1.165, 1.54) is 6.08 Å². The summed E-state index contributed by atoms with van der Waals surface area (Å²) in [5.41, 5.74) is 1.89. The van der Waals surface area contributed by atoms with E-state index in [0.29, 0.717) is 0 Å². The summed E-state index contributed by atoms with van der Waals surface area (Å²) in [6, 6.07) is 17.0. The molecule has 0 atom stereocenters. The largest absolute Gasteiger partial charge is 0.497 e. The molecule has 0 unspecified atom stereocenters. The van der Waals surface area contributed by atoms with Gasteiger partial charge in [0.1, 0.15) is 12.4 Å². The van der Waals surface area contributed by atoms with Crippen molar-refractivity contribution < 1.29 is 14.3 Å². The summed E-state index contributed by atoms with van der Waals surface area (Å²) in [7, 11) is 1.61. The van der Waals surface area contributed by atoms with Crippen molar-refractivity contribution in [1.29, 1.82) is 0 Å². The standard InChI is InChI=1S/C17H16O3/c1-19-16-10-7-15(8-11-16)13-20-17(18)12-9-14-5-3-2-4-6-14/h2-12H,13H2,1H3. The van der Waals surface area contributed by atoms with E-state index in [0.717, 1.165) is 16.9 Å². The average Bonchev–Trinajstić information content (AvgIpc) is 2.52. The van der Waals surface area contributed by atoms with Crippen LogP contribution >= 0.6 is 0 Å². The van der Waals surface area contributed by atoms with Gasteiger partial charge in [-0.3, -0.25) is 0 Å². The number of methoxy groups -OCH3 is 1. The molecular formula is C17H16O3. The van der Waals surface area contributed by atoms with Crippen LogP contribution in [0.25, 0.3) is 6.08 Å². The van der Waals surface area contributed by atoms with Crippen molar-refractivity contribution in [2.24, 2.45) is 0 Å². The van der Waals surface area contributed by atoms with E-state index in [1.807, 2.05) is 54.6 Å². The van der Waals surface area contributed by atoms with Gasteiger partial charge >= 0.3 is 5.97 Å². The van der Waals surface area contributed by atoms with E-state index in [9.17, 15) is 4.79 Å². The van der Waals surface area contributed by atoms with E-state index in [2.05, 4.69) is 0 Å². The summed E-state index contributed by atoms with van der Waals surface area (Å²) in [6.07, 6.45) is 3.16. The molecule has 0 aliphatic rings. The lowest BCUT2D eigenvalue weighted by atomic mass is 10.2. The van der Waals surface area contributed by atoms with Gasteiger partial charge in [-0.2, -0.15) is 0 Å². The van der Waals surface area contributed by atoms with Crippen LogP contribution in [0.2, 0.25) is 0 Å². The lowest BCUT2D eigenvalue weighted by Gasteiger charge is -2.03. The number of rotatable bonds is 5. The first-order valence-corrected chi connectivity index (χ1v) is 6.31. The lowest BCUT2D eigenvalue weighted by molar-refractivity contribution is -0.138. The van der Waals surface area contributed by atoms with Crippen LogP contribution in [-0.2, 0) is 16.1 Å². The van der Waals surface area contributed by atoms with Crippen LogP contribution < -0.4 is 4.74 Å². The minimum atomic E-state index is -0.357. The predicted molar refractivity (Wildman–Crippen MR) is 78.3 cm³/mol. The molecule has 102 valence electrons. The van der Waals surface area contributed by atoms with Gasteiger partial charge in [0.2, 0.25) is 0 Å². The summed E-state index contributed by atoms with van der Waals surface area (Å²) in [4.78, 5) is 11.6. The van der Waals surface area contributed by atoms with Crippen LogP contribution in [0.5, 0.6) is 5.75 Å². The van der Waals surface area contributed by atoms with Crippen LogP contribution in [0.4, 0.5) is 0 Å². The van der Waals surface area contributed by atoms with Gasteiger partial charge in [0, 0.05) is 6.08 Å². The second-order valence-corrected chi connectivity index (χ2v) is 4.20. The number of benzene rings is 2. The Bertz CT molecular complexity index is 571. The van der Waals surface area contributed by atoms with Crippen LogP contribution in [0.15, 0.2) is 60.7 Å². The van der Waals surface area contributed by atoms with Gasteiger partial charge in [0.15, 0.2) is 0 Å². The van der Waals surface area contributed by atoms with Crippen molar-refractivity contribution in [2.45, 2.75) is 6.61 Å². The Morgan fingerprint density at radius 3 is 2.40 bits per heavy atom. The summed E-state index contributed by atoms with van der Waals surface area (Å²) < 4.78 is 10.2. The molecule has 3 nitrogen and oxygen atoms in total. The SMILES string of the molecule is COc1ccc(COC(=O)C=Cc2ccccc2)cc1. The highest BCUT2D eigenvalue weighted by Gasteiger charge is 1.99. The highest BCUT2D eigenvalue weighted by Crippen LogP contribution is 2.12. The summed E-state index contributed by atoms with van der Waals surface area (Å²) >= 11 is 0. The number of ether oxygens (including phenoxy) is 2. The van der Waals surface area contributed by atoms with Crippen molar-refractivity contribution >= 4 is 12.0 Å². The first-order valence-electron chi connectivity index (χ1n) is 6.31. The topological polar surface area (TPSA) is 35.5 Å². The minimum Gasteiger partial charge on any atom is -0.497 e. The average molecular weight is 268 g/mol. The van der Waals surface area contributed by atoms with Crippen LogP contribution in [-0.4, -0.2) is 13.1 Å².